The molecule has 0 radical (unpaired) electrons. The van der Waals surface area contributed by atoms with Crippen molar-refractivity contribution in [1.29, 1.82) is 0 Å². The van der Waals surface area contributed by atoms with Gasteiger partial charge in [-0.05, 0) is 24.2 Å². The van der Waals surface area contributed by atoms with Gasteiger partial charge in [0.1, 0.15) is 6.54 Å². The van der Waals surface area contributed by atoms with Crippen molar-refractivity contribution < 1.29 is 10.5 Å². The molecule has 3 aliphatic carbocycles. The van der Waals surface area contributed by atoms with Gasteiger partial charge in [-0.15, -0.1) is 0 Å². The molecule has 0 heterocycles. The number of carbonyl (C=O) groups excluding carboxylic acids is 1. The van der Waals surface area contributed by atoms with Gasteiger partial charge in [-0.25, -0.2) is 0 Å². The number of hydrogen-bond donors (Lipinski definition) is 1. The Morgan fingerprint density at radius 2 is 2.15 bits per heavy atom. The fourth-order valence-electron chi connectivity index (χ4n) is 3.19. The Hall–Kier alpha value is -0.890. The minimum absolute atomic E-state index is 0.298. The van der Waals surface area contributed by atoms with Crippen LogP contribution >= 0.6 is 0 Å². The average molecular weight is 176 g/mol. The summed E-state index contributed by atoms with van der Waals surface area (Å²) in [4.78, 5) is 11.9. The van der Waals surface area contributed by atoms with E-state index in [0.29, 0.717) is 36.0 Å². The van der Waals surface area contributed by atoms with Crippen LogP contribution in [0.4, 0.5) is 0 Å². The summed E-state index contributed by atoms with van der Waals surface area (Å²) in [5.41, 5.74) is 4.79. The molecule has 3 aliphatic rings. The molecule has 0 saturated heterocycles. The van der Waals surface area contributed by atoms with Crippen LogP contribution in [0.15, 0.2) is 23.8 Å². The topological polar surface area (TPSA) is 44.7 Å². The standard InChI is InChI=1S/C11H13NO/c12-5-8-4-9-6-1-2-7(3-6)10(9)11(8)13/h1-2,4,6-7,9-10H,3,5,12H2/p+1/t6-,7+,9+,10-/m1/s1. The van der Waals surface area contributed by atoms with E-state index in [1.54, 1.807) is 0 Å². The van der Waals surface area contributed by atoms with Crippen molar-refractivity contribution in [1.82, 2.24) is 0 Å². The quantitative estimate of drug-likeness (QED) is 0.569. The molecule has 2 bridgehead atoms. The lowest BCUT2D eigenvalue weighted by molar-refractivity contribution is -0.355. The third kappa shape index (κ3) is 0.792. The first-order valence-electron chi connectivity index (χ1n) is 5.03. The van der Waals surface area contributed by atoms with Crippen molar-refractivity contribution in [3.63, 3.8) is 0 Å². The number of Topliss-reactive ketones (excluding diaryl/α,β-unsaturated/α-hetero) is 1. The molecule has 0 aliphatic heterocycles. The Bertz CT molecular complexity index is 329. The van der Waals surface area contributed by atoms with Crippen LogP contribution in [-0.4, -0.2) is 12.3 Å². The third-order valence-electron chi connectivity index (χ3n) is 3.80. The maximum Gasteiger partial charge on any atom is 0.168 e. The molecular weight excluding hydrogens is 162 g/mol. The zero-order chi connectivity index (χ0) is 9.00. The lowest BCUT2D eigenvalue weighted by Gasteiger charge is -2.17. The summed E-state index contributed by atoms with van der Waals surface area (Å²) in [5, 5.41) is 0. The first-order valence-corrected chi connectivity index (χ1v) is 5.03. The molecule has 0 unspecified atom stereocenters. The molecule has 0 aromatic rings. The fourth-order valence-corrected chi connectivity index (χ4v) is 3.19. The zero-order valence-electron chi connectivity index (χ0n) is 7.57. The van der Waals surface area contributed by atoms with Gasteiger partial charge in [0.2, 0.25) is 0 Å². The SMILES string of the molecule is [NH3+]CC1=C[C@@H]2[C@H](C1=O)[C@H]1C=C[C@@H]2C1. The molecular formula is C11H14NO+. The van der Waals surface area contributed by atoms with Gasteiger partial charge in [0.15, 0.2) is 5.78 Å². The van der Waals surface area contributed by atoms with Crippen LogP contribution in [0.1, 0.15) is 6.42 Å². The highest BCUT2D eigenvalue weighted by Gasteiger charge is 2.50. The van der Waals surface area contributed by atoms with Gasteiger partial charge in [0, 0.05) is 11.5 Å². The summed E-state index contributed by atoms with van der Waals surface area (Å²) in [6.07, 6.45) is 7.93. The fraction of sp³-hybridized carbons (Fsp3) is 0.545. The molecule has 0 spiro atoms. The van der Waals surface area contributed by atoms with E-state index in [2.05, 4.69) is 24.0 Å². The van der Waals surface area contributed by atoms with Crippen LogP contribution in [0.25, 0.3) is 0 Å². The van der Waals surface area contributed by atoms with Crippen LogP contribution in [-0.2, 0) is 4.79 Å². The van der Waals surface area contributed by atoms with Gasteiger partial charge in [-0.1, -0.05) is 18.2 Å². The van der Waals surface area contributed by atoms with Crippen molar-refractivity contribution in [2.45, 2.75) is 6.42 Å². The third-order valence-corrected chi connectivity index (χ3v) is 3.80. The van der Waals surface area contributed by atoms with E-state index < -0.39 is 0 Å². The highest BCUT2D eigenvalue weighted by atomic mass is 16.1. The molecule has 2 nitrogen and oxygen atoms in total. The molecule has 1 fully saturated rings. The summed E-state index contributed by atoms with van der Waals surface area (Å²) in [5.74, 6) is 2.41. The lowest BCUT2D eigenvalue weighted by atomic mass is 9.85. The Balaban J connectivity index is 2.00. The highest BCUT2D eigenvalue weighted by Crippen LogP contribution is 2.52. The van der Waals surface area contributed by atoms with Gasteiger partial charge < -0.3 is 5.73 Å². The van der Waals surface area contributed by atoms with E-state index in [9.17, 15) is 4.79 Å². The maximum absolute atomic E-state index is 11.9. The molecule has 0 amide bonds. The Labute approximate surface area is 77.5 Å². The molecule has 13 heavy (non-hydrogen) atoms. The van der Waals surface area contributed by atoms with Crippen LogP contribution in [0, 0.1) is 23.7 Å². The molecule has 3 rings (SSSR count). The highest BCUT2D eigenvalue weighted by molar-refractivity contribution is 6.01. The van der Waals surface area contributed by atoms with E-state index in [1.807, 2.05) is 0 Å². The predicted molar refractivity (Wildman–Crippen MR) is 48.6 cm³/mol. The average Bonchev–Trinajstić information content (AvgIpc) is 2.76. The predicted octanol–water partition coefficient (Wildman–Crippen LogP) is 0.176. The summed E-state index contributed by atoms with van der Waals surface area (Å²) in [6.45, 7) is 0.672. The molecule has 4 atom stereocenters. The zero-order valence-corrected chi connectivity index (χ0v) is 7.57. The van der Waals surface area contributed by atoms with E-state index in [4.69, 9.17) is 0 Å². The largest absolute Gasteiger partial charge is 0.354 e. The van der Waals surface area contributed by atoms with Crippen LogP contribution < -0.4 is 5.73 Å². The Morgan fingerprint density at radius 3 is 2.85 bits per heavy atom. The maximum atomic E-state index is 11.9. The molecule has 3 N–H and O–H groups in total. The number of allylic oxidation sites excluding steroid dienone is 3. The van der Waals surface area contributed by atoms with Crippen molar-refractivity contribution in [3.8, 4) is 0 Å². The van der Waals surface area contributed by atoms with Crippen molar-refractivity contribution in [2.24, 2.45) is 23.7 Å². The monoisotopic (exact) mass is 176 g/mol. The van der Waals surface area contributed by atoms with Gasteiger partial charge in [-0.3, -0.25) is 4.79 Å². The van der Waals surface area contributed by atoms with E-state index in [1.165, 1.54) is 6.42 Å². The van der Waals surface area contributed by atoms with E-state index >= 15 is 0 Å². The van der Waals surface area contributed by atoms with Crippen molar-refractivity contribution >= 4 is 5.78 Å². The van der Waals surface area contributed by atoms with Gasteiger partial charge in [-0.2, -0.15) is 0 Å². The van der Waals surface area contributed by atoms with Gasteiger partial charge in [0.25, 0.3) is 0 Å². The molecule has 1 saturated carbocycles. The number of quaternary nitrogens is 1. The summed E-state index contributed by atoms with van der Waals surface area (Å²) >= 11 is 0. The van der Waals surface area contributed by atoms with Crippen LogP contribution in [0.2, 0.25) is 0 Å². The van der Waals surface area contributed by atoms with Crippen molar-refractivity contribution in [2.75, 3.05) is 6.54 Å². The first-order chi connectivity index (χ1) is 6.31. The Morgan fingerprint density at radius 1 is 1.38 bits per heavy atom. The van der Waals surface area contributed by atoms with Gasteiger partial charge in [0.05, 0.1) is 0 Å². The second kappa shape index (κ2) is 2.32. The summed E-state index contributed by atoms with van der Waals surface area (Å²) in [7, 11) is 0. The normalized spacial score (nSPS) is 45.6. The van der Waals surface area contributed by atoms with Gasteiger partial charge >= 0.3 is 0 Å². The van der Waals surface area contributed by atoms with Crippen molar-refractivity contribution in [3.05, 3.63) is 23.8 Å². The minimum atomic E-state index is 0.298. The number of ketones is 1. The van der Waals surface area contributed by atoms with Crippen LogP contribution in [0.3, 0.4) is 0 Å². The molecule has 0 aromatic heterocycles. The number of carbonyl (C=O) groups is 1. The smallest absolute Gasteiger partial charge is 0.168 e. The first kappa shape index (κ1) is 7.51. The van der Waals surface area contributed by atoms with E-state index in [0.717, 1.165) is 5.57 Å². The summed E-state index contributed by atoms with van der Waals surface area (Å²) in [6, 6.07) is 0. The van der Waals surface area contributed by atoms with E-state index in [-0.39, 0.29) is 0 Å². The second-order valence-electron chi connectivity index (χ2n) is 4.36. The molecule has 68 valence electrons. The number of fused-ring (bicyclic) bond motifs is 5. The number of hydrogen-bond acceptors (Lipinski definition) is 1. The molecule has 0 aromatic carbocycles. The van der Waals surface area contributed by atoms with Crippen LogP contribution in [0.5, 0.6) is 0 Å². The Kier molecular flexibility index (Phi) is 1.34. The summed E-state index contributed by atoms with van der Waals surface area (Å²) < 4.78 is 0. The minimum Gasteiger partial charge on any atom is -0.354 e. The number of rotatable bonds is 1. The molecule has 2 heteroatoms. The lowest BCUT2D eigenvalue weighted by Crippen LogP contribution is -2.52. The second-order valence-corrected chi connectivity index (χ2v) is 4.36.